The van der Waals surface area contributed by atoms with Crippen LogP contribution in [-0.2, 0) is 0 Å². The molecule has 126 valence electrons. The minimum atomic E-state index is -0.467. The van der Waals surface area contributed by atoms with Gasteiger partial charge in [0.1, 0.15) is 5.75 Å². The van der Waals surface area contributed by atoms with Crippen LogP contribution in [0.3, 0.4) is 0 Å². The monoisotopic (exact) mass is 327 g/mol. The number of amides is 2. The van der Waals surface area contributed by atoms with Crippen LogP contribution in [0.1, 0.15) is 40.5 Å². The van der Waals surface area contributed by atoms with Crippen molar-refractivity contribution in [3.8, 4) is 5.75 Å². The summed E-state index contributed by atoms with van der Waals surface area (Å²) in [5.41, 5.74) is 3.23. The second-order valence-electron chi connectivity index (χ2n) is 5.20. The maximum Gasteiger partial charge on any atom is 0.267 e. The van der Waals surface area contributed by atoms with Gasteiger partial charge in [0.15, 0.2) is 0 Å². The number of nitrogen functional groups attached to an aromatic ring is 1. The van der Waals surface area contributed by atoms with Crippen LogP contribution in [0.4, 0.5) is 5.69 Å². The van der Waals surface area contributed by atoms with Gasteiger partial charge in [-0.2, -0.15) is 0 Å². The van der Waals surface area contributed by atoms with Gasteiger partial charge in [0.2, 0.25) is 0 Å². The molecule has 0 aromatic heterocycles. The molecule has 0 bridgehead atoms. The Labute approximate surface area is 141 Å². The van der Waals surface area contributed by atoms with Crippen molar-refractivity contribution in [3.63, 3.8) is 0 Å². The molecule has 24 heavy (non-hydrogen) atoms. The highest BCUT2D eigenvalue weighted by Gasteiger charge is 2.13. The number of benzene rings is 2. The fourth-order valence-electron chi connectivity index (χ4n) is 2.10. The van der Waals surface area contributed by atoms with Crippen molar-refractivity contribution in [1.29, 1.82) is 0 Å². The Kier molecular flexibility index (Phi) is 6.33. The number of hydrogen-bond acceptors (Lipinski definition) is 4. The van der Waals surface area contributed by atoms with Crippen molar-refractivity contribution in [2.45, 2.75) is 19.8 Å². The summed E-state index contributed by atoms with van der Waals surface area (Å²) in [4.78, 5) is 24.1. The number of hydrogen-bond donors (Lipinski definition) is 3. The summed E-state index contributed by atoms with van der Waals surface area (Å²) in [6.07, 6.45) is 2.05. The van der Waals surface area contributed by atoms with Gasteiger partial charge in [-0.15, -0.1) is 0 Å². The summed E-state index contributed by atoms with van der Waals surface area (Å²) in [6, 6.07) is 13.5. The molecule has 0 fully saturated rings. The number of nitrogens with two attached hydrogens (primary N) is 1. The first-order valence-corrected chi connectivity index (χ1v) is 7.80. The second-order valence-corrected chi connectivity index (χ2v) is 5.20. The molecule has 6 heteroatoms. The number of anilines is 1. The zero-order valence-electron chi connectivity index (χ0n) is 13.5. The minimum absolute atomic E-state index is 0.299. The van der Waals surface area contributed by atoms with Crippen LogP contribution in [0, 0.1) is 0 Å². The maximum absolute atomic E-state index is 12.3. The SMILES string of the molecule is CCCCOc1ccc(C(=O)Nc2ccccc2C(=O)NN)cc1. The molecule has 2 rings (SSSR count). The van der Waals surface area contributed by atoms with Crippen molar-refractivity contribution < 1.29 is 14.3 Å². The van der Waals surface area contributed by atoms with E-state index >= 15 is 0 Å². The van der Waals surface area contributed by atoms with Crippen molar-refractivity contribution in [1.82, 2.24) is 5.43 Å². The topological polar surface area (TPSA) is 93.4 Å². The number of carbonyl (C=O) groups excluding carboxylic acids is 2. The first-order valence-electron chi connectivity index (χ1n) is 7.80. The van der Waals surface area contributed by atoms with E-state index in [1.807, 2.05) is 0 Å². The molecular weight excluding hydrogens is 306 g/mol. The molecule has 2 aromatic carbocycles. The summed E-state index contributed by atoms with van der Waals surface area (Å²) in [5, 5.41) is 2.72. The van der Waals surface area contributed by atoms with Gasteiger partial charge in [-0.25, -0.2) is 5.84 Å². The molecule has 0 saturated carbocycles. The third-order valence-electron chi connectivity index (χ3n) is 3.43. The van der Waals surface area contributed by atoms with Gasteiger partial charge in [0, 0.05) is 5.56 Å². The lowest BCUT2D eigenvalue weighted by Gasteiger charge is -2.10. The Balaban J connectivity index is 2.06. The van der Waals surface area contributed by atoms with Crippen LogP contribution in [0.2, 0.25) is 0 Å². The number of ether oxygens (including phenoxy) is 1. The summed E-state index contributed by atoms with van der Waals surface area (Å²) >= 11 is 0. The third kappa shape index (κ3) is 4.57. The quantitative estimate of drug-likeness (QED) is 0.315. The van der Waals surface area contributed by atoms with E-state index < -0.39 is 5.91 Å². The van der Waals surface area contributed by atoms with Crippen LogP contribution < -0.4 is 21.3 Å². The molecule has 6 nitrogen and oxygen atoms in total. The molecule has 0 spiro atoms. The molecule has 4 N–H and O–H groups in total. The number of para-hydroxylation sites is 1. The van der Waals surface area contributed by atoms with E-state index in [1.165, 1.54) is 0 Å². The average Bonchev–Trinajstić information content (AvgIpc) is 2.62. The Hall–Kier alpha value is -2.86. The van der Waals surface area contributed by atoms with Crippen LogP contribution >= 0.6 is 0 Å². The van der Waals surface area contributed by atoms with Crippen molar-refractivity contribution >= 4 is 17.5 Å². The number of unbranched alkanes of at least 4 members (excludes halogenated alkanes) is 1. The normalized spacial score (nSPS) is 10.1. The number of hydrazine groups is 1. The van der Waals surface area contributed by atoms with Crippen LogP contribution in [-0.4, -0.2) is 18.4 Å². The van der Waals surface area contributed by atoms with Gasteiger partial charge in [-0.05, 0) is 42.8 Å². The van der Waals surface area contributed by atoms with E-state index in [4.69, 9.17) is 10.6 Å². The van der Waals surface area contributed by atoms with Gasteiger partial charge >= 0.3 is 0 Å². The molecule has 0 aliphatic carbocycles. The zero-order chi connectivity index (χ0) is 17.4. The molecule has 2 aromatic rings. The number of carbonyl (C=O) groups is 2. The highest BCUT2D eigenvalue weighted by molar-refractivity contribution is 6.08. The average molecular weight is 327 g/mol. The van der Waals surface area contributed by atoms with E-state index in [0.717, 1.165) is 18.6 Å². The summed E-state index contributed by atoms with van der Waals surface area (Å²) in [6.45, 7) is 2.75. The largest absolute Gasteiger partial charge is 0.494 e. The molecule has 0 aliphatic heterocycles. The highest BCUT2D eigenvalue weighted by atomic mass is 16.5. The predicted molar refractivity (Wildman–Crippen MR) is 92.9 cm³/mol. The predicted octanol–water partition coefficient (Wildman–Crippen LogP) is 2.72. The Bertz CT molecular complexity index is 699. The molecule has 0 heterocycles. The van der Waals surface area contributed by atoms with Gasteiger partial charge in [0.25, 0.3) is 11.8 Å². The molecule has 0 atom stereocenters. The smallest absolute Gasteiger partial charge is 0.267 e. The standard InChI is InChI=1S/C18H21N3O3/c1-2-3-12-24-14-10-8-13(9-11-14)17(22)20-16-7-5-4-6-15(16)18(23)21-19/h4-11H,2-3,12,19H2,1H3,(H,20,22)(H,21,23). The first-order chi connectivity index (χ1) is 11.7. The fraction of sp³-hybridized carbons (Fsp3) is 0.222. The molecule has 0 radical (unpaired) electrons. The van der Waals surface area contributed by atoms with Crippen molar-refractivity contribution in [3.05, 3.63) is 59.7 Å². The Morgan fingerprint density at radius 3 is 2.42 bits per heavy atom. The highest BCUT2D eigenvalue weighted by Crippen LogP contribution is 2.18. The van der Waals surface area contributed by atoms with Crippen LogP contribution in [0.5, 0.6) is 5.75 Å². The lowest BCUT2D eigenvalue weighted by Crippen LogP contribution is -2.31. The fourth-order valence-corrected chi connectivity index (χ4v) is 2.10. The van der Waals surface area contributed by atoms with E-state index in [1.54, 1.807) is 48.5 Å². The van der Waals surface area contributed by atoms with Gasteiger partial charge in [0.05, 0.1) is 17.9 Å². The number of nitrogens with one attached hydrogen (secondary N) is 2. The van der Waals surface area contributed by atoms with Crippen LogP contribution in [0.25, 0.3) is 0 Å². The van der Waals surface area contributed by atoms with E-state index in [0.29, 0.717) is 23.4 Å². The van der Waals surface area contributed by atoms with Gasteiger partial charge in [-0.3, -0.25) is 15.0 Å². The minimum Gasteiger partial charge on any atom is -0.494 e. The molecule has 2 amide bonds. The summed E-state index contributed by atoms with van der Waals surface area (Å²) < 4.78 is 5.57. The third-order valence-corrected chi connectivity index (χ3v) is 3.43. The molecule has 0 aliphatic rings. The number of rotatable bonds is 7. The first kappa shape index (κ1) is 17.5. The zero-order valence-corrected chi connectivity index (χ0v) is 13.5. The Morgan fingerprint density at radius 1 is 1.04 bits per heavy atom. The Morgan fingerprint density at radius 2 is 1.75 bits per heavy atom. The van der Waals surface area contributed by atoms with Crippen molar-refractivity contribution in [2.24, 2.45) is 5.84 Å². The molecular formula is C18H21N3O3. The van der Waals surface area contributed by atoms with E-state index in [-0.39, 0.29) is 5.91 Å². The summed E-state index contributed by atoms with van der Waals surface area (Å²) in [7, 11) is 0. The van der Waals surface area contributed by atoms with E-state index in [9.17, 15) is 9.59 Å². The second kappa shape index (κ2) is 8.69. The van der Waals surface area contributed by atoms with Crippen molar-refractivity contribution in [2.75, 3.05) is 11.9 Å². The molecule has 0 saturated heterocycles. The van der Waals surface area contributed by atoms with Gasteiger partial charge in [-0.1, -0.05) is 25.5 Å². The maximum atomic E-state index is 12.3. The van der Waals surface area contributed by atoms with E-state index in [2.05, 4.69) is 17.7 Å². The molecule has 0 unspecified atom stereocenters. The lowest BCUT2D eigenvalue weighted by atomic mass is 10.1. The summed E-state index contributed by atoms with van der Waals surface area (Å²) in [5.74, 6) is 5.10. The van der Waals surface area contributed by atoms with Crippen LogP contribution in [0.15, 0.2) is 48.5 Å². The lowest BCUT2D eigenvalue weighted by molar-refractivity contribution is 0.0954. The van der Waals surface area contributed by atoms with Gasteiger partial charge < -0.3 is 10.1 Å².